The highest BCUT2D eigenvalue weighted by Gasteiger charge is 2.30. The molecule has 4 rings (SSSR count). The van der Waals surface area contributed by atoms with Crippen LogP contribution in [-0.2, 0) is 6.42 Å². The third-order valence-electron chi connectivity index (χ3n) is 3.60. The lowest BCUT2D eigenvalue weighted by atomic mass is 10.0. The molecule has 0 radical (unpaired) electrons. The van der Waals surface area contributed by atoms with Crippen LogP contribution in [0.4, 0.5) is 0 Å². The van der Waals surface area contributed by atoms with Gasteiger partial charge in [0.15, 0.2) is 0 Å². The molecule has 2 aromatic rings. The van der Waals surface area contributed by atoms with Gasteiger partial charge >= 0.3 is 0 Å². The van der Waals surface area contributed by atoms with Gasteiger partial charge in [-0.25, -0.2) is 0 Å². The maximum atomic E-state index is 11.9. The maximum absolute atomic E-state index is 11.9. The third kappa shape index (κ3) is 2.12. The van der Waals surface area contributed by atoms with Gasteiger partial charge < -0.3 is 15.2 Å². The highest BCUT2D eigenvalue weighted by Crippen LogP contribution is 2.31. The van der Waals surface area contributed by atoms with Crippen LogP contribution in [-0.4, -0.2) is 28.6 Å². The maximum Gasteiger partial charge on any atom is 0.292 e. The molecule has 0 spiro atoms. The Balaban J connectivity index is 1.58. The van der Waals surface area contributed by atoms with Crippen LogP contribution in [0.25, 0.3) is 0 Å². The molecule has 1 amide bonds. The van der Waals surface area contributed by atoms with Gasteiger partial charge in [0.2, 0.25) is 5.89 Å². The molecule has 2 N–H and O–H groups in total. The van der Waals surface area contributed by atoms with Crippen LogP contribution in [0.2, 0.25) is 0 Å². The molecular formula is C13H14N4O2S. The minimum atomic E-state index is -0.246. The van der Waals surface area contributed by atoms with Gasteiger partial charge in [0.05, 0.1) is 0 Å². The Kier molecular flexibility index (Phi) is 2.82. The summed E-state index contributed by atoms with van der Waals surface area (Å²) in [5, 5.41) is 12.1. The van der Waals surface area contributed by atoms with Crippen LogP contribution in [0.3, 0.4) is 0 Å². The molecule has 1 unspecified atom stereocenters. The number of carbonyl (C=O) groups is 1. The van der Waals surface area contributed by atoms with Gasteiger partial charge in [0.1, 0.15) is 6.04 Å². The van der Waals surface area contributed by atoms with E-state index in [-0.39, 0.29) is 17.8 Å². The summed E-state index contributed by atoms with van der Waals surface area (Å²) in [6.45, 7) is 0.879. The van der Waals surface area contributed by atoms with E-state index in [1.54, 1.807) is 11.3 Å². The fourth-order valence-electron chi connectivity index (χ4n) is 2.39. The molecule has 104 valence electrons. The molecule has 20 heavy (non-hydrogen) atoms. The van der Waals surface area contributed by atoms with Crippen LogP contribution < -0.4 is 10.6 Å². The Hall–Kier alpha value is -1.73. The predicted octanol–water partition coefficient (Wildman–Crippen LogP) is 1.26. The predicted molar refractivity (Wildman–Crippen MR) is 72.7 cm³/mol. The van der Waals surface area contributed by atoms with E-state index in [1.165, 1.54) is 10.4 Å². The second-order valence-corrected chi connectivity index (χ2v) is 6.14. The average molecular weight is 290 g/mol. The minimum absolute atomic E-state index is 0.0972. The minimum Gasteiger partial charge on any atom is -0.346 e. The topological polar surface area (TPSA) is 80.0 Å². The molecule has 2 aliphatic rings. The van der Waals surface area contributed by atoms with Crippen molar-refractivity contribution in [3.8, 4) is 0 Å². The van der Waals surface area contributed by atoms with Gasteiger partial charge in [0.25, 0.3) is 11.7 Å². The van der Waals surface area contributed by atoms with Crippen molar-refractivity contribution in [3.05, 3.63) is 33.6 Å². The fraction of sp³-hybridized carbons (Fsp3) is 0.462. The summed E-state index contributed by atoms with van der Waals surface area (Å²) >= 11 is 1.74. The summed E-state index contributed by atoms with van der Waals surface area (Å²) in [4.78, 5) is 17.5. The smallest absolute Gasteiger partial charge is 0.292 e. The Morgan fingerprint density at radius 2 is 2.40 bits per heavy atom. The van der Waals surface area contributed by atoms with Gasteiger partial charge in [-0.05, 0) is 36.3 Å². The summed E-state index contributed by atoms with van der Waals surface area (Å²) in [5.74, 6) is 0.338. The van der Waals surface area contributed by atoms with Crippen molar-refractivity contribution in [1.29, 1.82) is 0 Å². The van der Waals surface area contributed by atoms with E-state index in [1.807, 2.05) is 0 Å². The Labute approximate surface area is 119 Å². The zero-order valence-electron chi connectivity index (χ0n) is 10.8. The fourth-order valence-corrected chi connectivity index (χ4v) is 3.31. The van der Waals surface area contributed by atoms with E-state index in [4.69, 9.17) is 4.52 Å². The number of nitrogens with one attached hydrogen (secondary N) is 2. The van der Waals surface area contributed by atoms with Crippen molar-refractivity contribution < 1.29 is 9.32 Å². The Morgan fingerprint density at radius 3 is 3.25 bits per heavy atom. The molecule has 7 heteroatoms. The van der Waals surface area contributed by atoms with Crippen LogP contribution in [0, 0.1) is 0 Å². The molecule has 0 saturated heterocycles. The monoisotopic (exact) mass is 290 g/mol. The second-order valence-electron chi connectivity index (χ2n) is 5.14. The van der Waals surface area contributed by atoms with Crippen molar-refractivity contribution in [1.82, 2.24) is 20.8 Å². The van der Waals surface area contributed by atoms with Crippen LogP contribution in [0.5, 0.6) is 0 Å². The molecule has 1 atom stereocenters. The number of rotatable bonds is 3. The molecule has 1 fully saturated rings. The molecule has 0 bridgehead atoms. The summed E-state index contributed by atoms with van der Waals surface area (Å²) in [5.41, 5.74) is 1.18. The van der Waals surface area contributed by atoms with Crippen LogP contribution in [0.1, 0.15) is 45.8 Å². The van der Waals surface area contributed by atoms with E-state index in [0.717, 1.165) is 25.8 Å². The number of fused-ring (bicyclic) bond motifs is 1. The van der Waals surface area contributed by atoms with Crippen molar-refractivity contribution in [2.45, 2.75) is 31.3 Å². The van der Waals surface area contributed by atoms with Crippen molar-refractivity contribution in [3.63, 3.8) is 0 Å². The lowest BCUT2D eigenvalue weighted by Gasteiger charge is -2.20. The zero-order chi connectivity index (χ0) is 13.5. The quantitative estimate of drug-likeness (QED) is 0.889. The first-order chi connectivity index (χ1) is 9.81. The first-order valence-corrected chi connectivity index (χ1v) is 7.63. The van der Waals surface area contributed by atoms with E-state index < -0.39 is 0 Å². The van der Waals surface area contributed by atoms with Crippen LogP contribution >= 0.6 is 11.3 Å². The number of hydrogen-bond acceptors (Lipinski definition) is 6. The zero-order valence-corrected chi connectivity index (χ0v) is 11.6. The van der Waals surface area contributed by atoms with E-state index in [9.17, 15) is 4.79 Å². The highest BCUT2D eigenvalue weighted by molar-refractivity contribution is 7.10. The normalized spacial score (nSPS) is 21.5. The van der Waals surface area contributed by atoms with Crippen molar-refractivity contribution >= 4 is 17.2 Å². The Morgan fingerprint density at radius 1 is 1.50 bits per heavy atom. The summed E-state index contributed by atoms with van der Waals surface area (Å²) in [7, 11) is 0. The largest absolute Gasteiger partial charge is 0.346 e. The molecule has 1 aliphatic heterocycles. The summed E-state index contributed by atoms with van der Waals surface area (Å²) in [6, 6.07) is 2.27. The first kappa shape index (κ1) is 12.0. The lowest BCUT2D eigenvalue weighted by molar-refractivity contribution is 0.0937. The van der Waals surface area contributed by atoms with Crippen molar-refractivity contribution in [2.75, 3.05) is 6.54 Å². The number of amides is 1. The van der Waals surface area contributed by atoms with E-state index in [2.05, 4.69) is 32.2 Å². The first-order valence-electron chi connectivity index (χ1n) is 6.75. The number of carbonyl (C=O) groups excluding carboxylic acids is 1. The van der Waals surface area contributed by atoms with E-state index >= 15 is 0 Å². The van der Waals surface area contributed by atoms with Gasteiger partial charge in [0, 0.05) is 17.5 Å². The van der Waals surface area contributed by atoms with E-state index in [0.29, 0.717) is 11.9 Å². The summed E-state index contributed by atoms with van der Waals surface area (Å²) < 4.78 is 5.27. The molecular weight excluding hydrogens is 276 g/mol. The van der Waals surface area contributed by atoms with Gasteiger partial charge in [-0.3, -0.25) is 4.79 Å². The number of hydrogen-bond donors (Lipinski definition) is 2. The molecule has 3 heterocycles. The summed E-state index contributed by atoms with van der Waals surface area (Å²) in [6.07, 6.45) is 3.10. The standard InChI is InChI=1S/C13H14N4O2S/c18-12(15-7-1-2-7)11-16-13(19-17-11)10-8-4-6-20-9(8)3-5-14-10/h4,6-7,10,14H,1-3,5H2,(H,15,18). The van der Waals surface area contributed by atoms with Crippen LogP contribution in [0.15, 0.2) is 16.0 Å². The van der Waals surface area contributed by atoms with Gasteiger partial charge in [-0.1, -0.05) is 5.16 Å². The van der Waals surface area contributed by atoms with Gasteiger partial charge in [-0.2, -0.15) is 4.98 Å². The average Bonchev–Trinajstić information content (AvgIpc) is 2.97. The molecule has 2 aromatic heterocycles. The van der Waals surface area contributed by atoms with Gasteiger partial charge in [-0.15, -0.1) is 11.3 Å². The second kappa shape index (κ2) is 4.68. The van der Waals surface area contributed by atoms with Crippen molar-refractivity contribution in [2.24, 2.45) is 0 Å². The number of aromatic nitrogens is 2. The number of thiophene rings is 1. The molecule has 1 aliphatic carbocycles. The number of nitrogens with zero attached hydrogens (tertiary/aromatic N) is 2. The SMILES string of the molecule is O=C(NC1CC1)c1noc(C2NCCc3sccc32)n1. The third-order valence-corrected chi connectivity index (χ3v) is 4.59. The highest BCUT2D eigenvalue weighted by atomic mass is 32.1. The Bertz CT molecular complexity index is 646. The molecule has 0 aromatic carbocycles. The molecule has 1 saturated carbocycles. The molecule has 6 nitrogen and oxygen atoms in total. The lowest BCUT2D eigenvalue weighted by Crippen LogP contribution is -2.30.